The Kier molecular flexibility index (Phi) is 4.94. The van der Waals surface area contributed by atoms with Gasteiger partial charge < -0.3 is 16.2 Å². The molecule has 0 aliphatic heterocycles. The fourth-order valence-corrected chi connectivity index (χ4v) is 3.50. The zero-order chi connectivity index (χ0) is 16.2. The number of thiazole rings is 1. The maximum absolute atomic E-state index is 9.46. The molecule has 120 valence electrons. The number of nitrogen functional groups attached to an aromatic ring is 1. The van der Waals surface area contributed by atoms with Gasteiger partial charge in [-0.05, 0) is 12.5 Å². The van der Waals surface area contributed by atoms with Gasteiger partial charge in [0.05, 0.1) is 6.10 Å². The Morgan fingerprint density at radius 3 is 2.78 bits per heavy atom. The summed E-state index contributed by atoms with van der Waals surface area (Å²) in [5.41, 5.74) is 7.58. The topological polar surface area (TPSA) is 97.0 Å². The predicted octanol–water partition coefficient (Wildman–Crippen LogP) is 2.75. The van der Waals surface area contributed by atoms with Crippen LogP contribution in [-0.2, 0) is 5.75 Å². The van der Waals surface area contributed by atoms with Crippen molar-refractivity contribution in [1.29, 1.82) is 0 Å². The minimum Gasteiger partial charge on any atom is -0.392 e. The summed E-state index contributed by atoms with van der Waals surface area (Å²) < 4.78 is 0.812. The van der Waals surface area contributed by atoms with Gasteiger partial charge in [0.2, 0.25) is 0 Å². The number of aromatic nitrogens is 3. The number of aliphatic hydroxyl groups excluding tert-OH is 1. The van der Waals surface area contributed by atoms with Gasteiger partial charge in [0.1, 0.15) is 4.70 Å². The minimum absolute atomic E-state index is 0.409. The van der Waals surface area contributed by atoms with Gasteiger partial charge in [0.25, 0.3) is 0 Å². The number of nitrogens with two attached hydrogens (primary N) is 1. The van der Waals surface area contributed by atoms with Crippen molar-refractivity contribution in [2.45, 2.75) is 23.9 Å². The molecule has 0 bridgehead atoms. The number of aliphatic hydroxyl groups is 1. The first-order valence-corrected chi connectivity index (χ1v) is 8.95. The fourth-order valence-electron chi connectivity index (χ4n) is 1.97. The van der Waals surface area contributed by atoms with E-state index in [2.05, 4.69) is 32.4 Å². The zero-order valence-corrected chi connectivity index (χ0v) is 14.2. The van der Waals surface area contributed by atoms with Crippen molar-refractivity contribution in [2.24, 2.45) is 0 Å². The summed E-state index contributed by atoms with van der Waals surface area (Å²) in [6, 6.07) is 10.2. The fraction of sp³-hybridized carbons (Fsp3) is 0.267. The van der Waals surface area contributed by atoms with E-state index < -0.39 is 6.10 Å². The quantitative estimate of drug-likeness (QED) is 0.466. The Balaban J connectivity index is 1.85. The summed E-state index contributed by atoms with van der Waals surface area (Å²) >= 11 is 2.89. The lowest BCUT2D eigenvalue weighted by Crippen LogP contribution is -2.16. The molecule has 0 aliphatic carbocycles. The van der Waals surface area contributed by atoms with Gasteiger partial charge in [0.15, 0.2) is 21.8 Å². The van der Waals surface area contributed by atoms with E-state index in [4.69, 9.17) is 5.73 Å². The van der Waals surface area contributed by atoms with E-state index in [9.17, 15) is 5.11 Å². The van der Waals surface area contributed by atoms with Crippen LogP contribution in [0.5, 0.6) is 0 Å². The Morgan fingerprint density at radius 2 is 2.04 bits per heavy atom. The van der Waals surface area contributed by atoms with Gasteiger partial charge in [-0.1, -0.05) is 53.4 Å². The third-order valence-corrected chi connectivity index (χ3v) is 4.82. The molecule has 2 aromatic heterocycles. The van der Waals surface area contributed by atoms with Crippen LogP contribution in [-0.4, -0.2) is 32.7 Å². The molecule has 3 rings (SSSR count). The summed E-state index contributed by atoms with van der Waals surface area (Å²) in [7, 11) is 0. The highest BCUT2D eigenvalue weighted by Crippen LogP contribution is 2.31. The highest BCUT2D eigenvalue weighted by Gasteiger charge is 2.13. The lowest BCUT2D eigenvalue weighted by atomic mass is 10.2. The largest absolute Gasteiger partial charge is 0.392 e. The van der Waals surface area contributed by atoms with Gasteiger partial charge in [0, 0.05) is 12.3 Å². The molecular formula is C15H17N5OS2. The molecule has 0 spiro atoms. The number of benzene rings is 1. The van der Waals surface area contributed by atoms with E-state index in [1.165, 1.54) is 16.9 Å². The second-order valence-electron chi connectivity index (χ2n) is 5.06. The van der Waals surface area contributed by atoms with Crippen LogP contribution in [0.4, 0.5) is 10.9 Å². The molecule has 2 heterocycles. The second-order valence-corrected chi connectivity index (χ2v) is 7.04. The lowest BCUT2D eigenvalue weighted by molar-refractivity contribution is 0.208. The molecule has 0 saturated carbocycles. The van der Waals surface area contributed by atoms with E-state index in [1.807, 2.05) is 18.2 Å². The first kappa shape index (κ1) is 16.0. The molecule has 1 unspecified atom stereocenters. The maximum Gasteiger partial charge on any atom is 0.191 e. The smallest absolute Gasteiger partial charge is 0.191 e. The van der Waals surface area contributed by atoms with Crippen molar-refractivity contribution in [1.82, 2.24) is 15.0 Å². The van der Waals surface area contributed by atoms with Crippen LogP contribution in [0.25, 0.3) is 10.3 Å². The molecule has 23 heavy (non-hydrogen) atoms. The van der Waals surface area contributed by atoms with E-state index >= 15 is 0 Å². The van der Waals surface area contributed by atoms with Crippen molar-refractivity contribution in [3.05, 3.63) is 35.9 Å². The molecule has 0 aliphatic rings. The first-order valence-electron chi connectivity index (χ1n) is 7.14. The predicted molar refractivity (Wildman–Crippen MR) is 95.8 cm³/mol. The van der Waals surface area contributed by atoms with Gasteiger partial charge in [-0.2, -0.15) is 0 Å². The number of hydrogen-bond donors (Lipinski definition) is 3. The van der Waals surface area contributed by atoms with Crippen LogP contribution < -0.4 is 11.1 Å². The van der Waals surface area contributed by atoms with Gasteiger partial charge in [-0.15, -0.1) is 0 Å². The van der Waals surface area contributed by atoms with Gasteiger partial charge >= 0.3 is 0 Å². The number of rotatable bonds is 6. The molecule has 0 amide bonds. The van der Waals surface area contributed by atoms with E-state index in [0.29, 0.717) is 28.3 Å². The molecule has 0 radical (unpaired) electrons. The minimum atomic E-state index is -0.467. The van der Waals surface area contributed by atoms with Crippen molar-refractivity contribution in [3.8, 4) is 0 Å². The number of anilines is 2. The first-order chi connectivity index (χ1) is 11.1. The maximum atomic E-state index is 9.46. The highest BCUT2D eigenvalue weighted by molar-refractivity contribution is 7.98. The SMILES string of the molecule is CC(O)CNc1nc(SCc2ccccc2)nc2nc(N)sc12. The van der Waals surface area contributed by atoms with E-state index in [1.54, 1.807) is 18.7 Å². The Morgan fingerprint density at radius 1 is 1.26 bits per heavy atom. The third kappa shape index (κ3) is 4.10. The molecule has 3 aromatic rings. The molecule has 8 heteroatoms. The molecule has 4 N–H and O–H groups in total. The molecule has 0 saturated heterocycles. The van der Waals surface area contributed by atoms with Crippen LogP contribution in [0.15, 0.2) is 35.5 Å². The van der Waals surface area contributed by atoms with Crippen LogP contribution in [0.2, 0.25) is 0 Å². The second kappa shape index (κ2) is 7.12. The Hall–Kier alpha value is -1.90. The van der Waals surface area contributed by atoms with Crippen molar-refractivity contribution in [3.63, 3.8) is 0 Å². The van der Waals surface area contributed by atoms with Crippen molar-refractivity contribution < 1.29 is 5.11 Å². The van der Waals surface area contributed by atoms with Crippen LogP contribution in [0.3, 0.4) is 0 Å². The number of nitrogens with one attached hydrogen (secondary N) is 1. The lowest BCUT2D eigenvalue weighted by Gasteiger charge is -2.09. The van der Waals surface area contributed by atoms with Crippen LogP contribution >= 0.6 is 23.1 Å². The standard InChI is InChI=1S/C15H17N5OS2/c1-9(21)7-17-12-11-13(18-14(16)23-11)20-15(19-12)22-8-10-5-3-2-4-6-10/h2-6,9,21H,7-8H2,1H3,(H3,16,17,18,19,20). The average Bonchev–Trinajstić information content (AvgIpc) is 2.92. The number of thioether (sulfide) groups is 1. The summed E-state index contributed by atoms with van der Waals surface area (Å²) in [6.45, 7) is 2.13. The number of fused-ring (bicyclic) bond motifs is 1. The highest BCUT2D eigenvalue weighted by atomic mass is 32.2. The monoisotopic (exact) mass is 347 g/mol. The molecular weight excluding hydrogens is 330 g/mol. The molecule has 0 fully saturated rings. The zero-order valence-electron chi connectivity index (χ0n) is 12.6. The summed E-state index contributed by atoms with van der Waals surface area (Å²) in [6.07, 6.45) is -0.467. The summed E-state index contributed by atoms with van der Waals surface area (Å²) in [4.78, 5) is 13.3. The van der Waals surface area contributed by atoms with Gasteiger partial charge in [-0.3, -0.25) is 0 Å². The van der Waals surface area contributed by atoms with E-state index in [0.717, 1.165) is 10.5 Å². The Labute approximate surface area is 142 Å². The third-order valence-electron chi connectivity index (χ3n) is 3.03. The van der Waals surface area contributed by atoms with Crippen molar-refractivity contribution in [2.75, 3.05) is 17.6 Å². The molecule has 6 nitrogen and oxygen atoms in total. The average molecular weight is 347 g/mol. The Bertz CT molecular complexity index is 791. The van der Waals surface area contributed by atoms with Crippen LogP contribution in [0, 0.1) is 0 Å². The van der Waals surface area contributed by atoms with E-state index in [-0.39, 0.29) is 0 Å². The van der Waals surface area contributed by atoms with Crippen molar-refractivity contribution >= 4 is 44.4 Å². The number of hydrogen-bond acceptors (Lipinski definition) is 8. The molecule has 1 aromatic carbocycles. The van der Waals surface area contributed by atoms with Gasteiger partial charge in [-0.25, -0.2) is 15.0 Å². The summed E-state index contributed by atoms with van der Waals surface area (Å²) in [5.74, 6) is 1.45. The summed E-state index contributed by atoms with van der Waals surface area (Å²) in [5, 5.41) is 13.7. The molecule has 1 atom stereocenters. The number of nitrogens with zero attached hydrogens (tertiary/aromatic N) is 3. The normalized spacial score (nSPS) is 12.4. The van der Waals surface area contributed by atoms with Crippen LogP contribution in [0.1, 0.15) is 12.5 Å².